The minimum absolute atomic E-state index is 0.0294. The van der Waals surface area contributed by atoms with Crippen LogP contribution in [-0.2, 0) is 11.3 Å². The first-order valence-corrected chi connectivity index (χ1v) is 6.13. The summed E-state index contributed by atoms with van der Waals surface area (Å²) in [6.45, 7) is 0.413. The van der Waals surface area contributed by atoms with Crippen molar-refractivity contribution in [1.82, 2.24) is 4.90 Å². The van der Waals surface area contributed by atoms with Crippen LogP contribution < -0.4 is 5.73 Å². The highest BCUT2D eigenvalue weighted by Crippen LogP contribution is 2.23. The fourth-order valence-corrected chi connectivity index (χ4v) is 2.15. The van der Waals surface area contributed by atoms with Gasteiger partial charge in [0.05, 0.1) is 11.3 Å². The van der Waals surface area contributed by atoms with Gasteiger partial charge in [-0.2, -0.15) is 5.26 Å². The van der Waals surface area contributed by atoms with Gasteiger partial charge >= 0.3 is 0 Å². The molecule has 0 radical (unpaired) electrons. The van der Waals surface area contributed by atoms with Gasteiger partial charge in [0.1, 0.15) is 6.07 Å². The van der Waals surface area contributed by atoms with Crippen molar-refractivity contribution in [2.45, 2.75) is 11.4 Å². The fraction of sp³-hybridized carbons (Fsp3) is 0.333. The number of nitriles is 1. The highest BCUT2D eigenvalue weighted by molar-refractivity contribution is 8.00. The third-order valence-electron chi connectivity index (χ3n) is 2.25. The second kappa shape index (κ2) is 6.28. The molecule has 0 aliphatic carbocycles. The smallest absolute Gasteiger partial charge is 0.232 e. The first kappa shape index (κ1) is 13.6. The summed E-state index contributed by atoms with van der Waals surface area (Å²) in [6, 6.07) is 7.61. The van der Waals surface area contributed by atoms with Gasteiger partial charge in [0, 0.05) is 25.5 Å². The minimum atomic E-state index is 0.0294. The van der Waals surface area contributed by atoms with E-state index in [1.54, 1.807) is 20.2 Å². The molecule has 0 atom stereocenters. The van der Waals surface area contributed by atoms with Crippen molar-refractivity contribution < 1.29 is 4.79 Å². The van der Waals surface area contributed by atoms with E-state index in [0.717, 1.165) is 10.5 Å². The summed E-state index contributed by atoms with van der Waals surface area (Å²) in [6.07, 6.45) is 0. The van der Waals surface area contributed by atoms with Gasteiger partial charge in [0.2, 0.25) is 5.91 Å². The van der Waals surface area contributed by atoms with Crippen LogP contribution in [0.3, 0.4) is 0 Å². The summed E-state index contributed by atoms with van der Waals surface area (Å²) in [5, 5.41) is 9.01. The Morgan fingerprint density at radius 1 is 1.53 bits per heavy atom. The molecule has 0 bridgehead atoms. The Morgan fingerprint density at radius 3 is 2.76 bits per heavy atom. The van der Waals surface area contributed by atoms with E-state index >= 15 is 0 Å². The minimum Gasteiger partial charge on any atom is -0.348 e. The van der Waals surface area contributed by atoms with Gasteiger partial charge in [0.15, 0.2) is 0 Å². The van der Waals surface area contributed by atoms with Crippen molar-refractivity contribution >= 4 is 17.7 Å². The Hall–Kier alpha value is -1.51. The summed E-state index contributed by atoms with van der Waals surface area (Å²) >= 11 is 1.37. The van der Waals surface area contributed by atoms with Gasteiger partial charge in [-0.1, -0.05) is 6.07 Å². The van der Waals surface area contributed by atoms with Gasteiger partial charge in [-0.15, -0.1) is 11.8 Å². The Labute approximate surface area is 105 Å². The maximum Gasteiger partial charge on any atom is 0.232 e. The maximum atomic E-state index is 11.4. The second-order valence-electron chi connectivity index (χ2n) is 3.72. The summed E-state index contributed by atoms with van der Waals surface area (Å²) in [7, 11) is 3.43. The summed E-state index contributed by atoms with van der Waals surface area (Å²) < 4.78 is 0. The molecular weight excluding hydrogens is 234 g/mol. The molecule has 0 saturated carbocycles. The normalized spacial score (nSPS) is 9.76. The molecule has 4 nitrogen and oxygen atoms in total. The molecule has 0 saturated heterocycles. The summed E-state index contributed by atoms with van der Waals surface area (Å²) in [5.41, 5.74) is 7.00. The van der Waals surface area contributed by atoms with E-state index in [9.17, 15) is 4.79 Å². The predicted octanol–water partition coefficient (Wildman–Crippen LogP) is 1.20. The van der Waals surface area contributed by atoms with Crippen LogP contribution in [0.2, 0.25) is 0 Å². The van der Waals surface area contributed by atoms with Crippen molar-refractivity contribution in [3.8, 4) is 6.07 Å². The number of carbonyl (C=O) groups excluding carboxylic acids is 1. The molecule has 0 heterocycles. The number of amides is 1. The molecule has 0 spiro atoms. The lowest BCUT2D eigenvalue weighted by atomic mass is 10.1. The Balaban J connectivity index is 2.78. The molecule has 0 aromatic heterocycles. The van der Waals surface area contributed by atoms with Crippen LogP contribution in [0, 0.1) is 11.3 Å². The molecule has 1 rings (SSSR count). The zero-order valence-corrected chi connectivity index (χ0v) is 10.8. The van der Waals surface area contributed by atoms with Crippen molar-refractivity contribution in [1.29, 1.82) is 5.26 Å². The molecule has 1 aromatic rings. The van der Waals surface area contributed by atoms with E-state index in [1.807, 2.05) is 12.1 Å². The molecule has 1 aromatic carbocycles. The van der Waals surface area contributed by atoms with Crippen LogP contribution in [0.25, 0.3) is 0 Å². The van der Waals surface area contributed by atoms with E-state index in [1.165, 1.54) is 16.7 Å². The predicted molar refractivity (Wildman–Crippen MR) is 68.5 cm³/mol. The number of benzene rings is 1. The van der Waals surface area contributed by atoms with Gasteiger partial charge < -0.3 is 10.6 Å². The molecule has 0 unspecified atom stereocenters. The Bertz CT molecular complexity index is 452. The van der Waals surface area contributed by atoms with Gasteiger partial charge in [0.25, 0.3) is 0 Å². The molecule has 0 fully saturated rings. The Kier molecular flexibility index (Phi) is 5.01. The van der Waals surface area contributed by atoms with Gasteiger partial charge in [-0.3, -0.25) is 4.79 Å². The quantitative estimate of drug-likeness (QED) is 0.814. The van der Waals surface area contributed by atoms with Gasteiger partial charge in [-0.05, 0) is 17.7 Å². The zero-order chi connectivity index (χ0) is 12.8. The lowest BCUT2D eigenvalue weighted by Gasteiger charge is -2.10. The summed E-state index contributed by atoms with van der Waals surface area (Å²) in [4.78, 5) is 13.8. The van der Waals surface area contributed by atoms with Crippen LogP contribution in [0.4, 0.5) is 0 Å². The number of nitrogens with zero attached hydrogens (tertiary/aromatic N) is 2. The molecule has 5 heteroatoms. The molecule has 0 aliphatic rings. The topological polar surface area (TPSA) is 70.1 Å². The van der Waals surface area contributed by atoms with Crippen LogP contribution in [0.5, 0.6) is 0 Å². The highest BCUT2D eigenvalue weighted by atomic mass is 32.2. The molecular formula is C12H15N3OS. The molecule has 17 heavy (non-hydrogen) atoms. The fourth-order valence-electron chi connectivity index (χ4n) is 1.19. The number of nitrogens with two attached hydrogens (primary N) is 1. The average Bonchev–Trinajstić information content (AvgIpc) is 2.35. The number of carbonyl (C=O) groups is 1. The molecule has 90 valence electrons. The van der Waals surface area contributed by atoms with E-state index in [4.69, 9.17) is 11.0 Å². The van der Waals surface area contributed by atoms with Crippen molar-refractivity contribution in [2.75, 3.05) is 19.8 Å². The lowest BCUT2D eigenvalue weighted by molar-refractivity contribution is -0.125. The number of rotatable bonds is 4. The lowest BCUT2D eigenvalue weighted by Crippen LogP contribution is -2.23. The Morgan fingerprint density at radius 2 is 2.24 bits per heavy atom. The average molecular weight is 249 g/mol. The van der Waals surface area contributed by atoms with Crippen molar-refractivity contribution in [3.63, 3.8) is 0 Å². The third kappa shape index (κ3) is 3.77. The summed E-state index contributed by atoms with van der Waals surface area (Å²) in [5.74, 6) is 0.366. The van der Waals surface area contributed by atoms with E-state index in [2.05, 4.69) is 6.07 Å². The standard InChI is InChI=1S/C12H15N3OS/c1-15(2)12(16)8-17-11-4-3-9(6-13)5-10(11)7-14/h3-5H,6,8,13H2,1-2H3. The molecule has 0 aliphatic heterocycles. The monoisotopic (exact) mass is 249 g/mol. The largest absolute Gasteiger partial charge is 0.348 e. The van der Waals surface area contributed by atoms with E-state index < -0.39 is 0 Å². The van der Waals surface area contributed by atoms with Crippen molar-refractivity contribution in [2.24, 2.45) is 5.73 Å². The van der Waals surface area contributed by atoms with Gasteiger partial charge in [-0.25, -0.2) is 0 Å². The van der Waals surface area contributed by atoms with Crippen LogP contribution >= 0.6 is 11.8 Å². The second-order valence-corrected chi connectivity index (χ2v) is 4.74. The SMILES string of the molecule is CN(C)C(=O)CSc1ccc(CN)cc1C#N. The maximum absolute atomic E-state index is 11.4. The molecule has 1 amide bonds. The highest BCUT2D eigenvalue weighted by Gasteiger charge is 2.08. The molecule has 2 N–H and O–H groups in total. The number of hydrogen-bond acceptors (Lipinski definition) is 4. The van der Waals surface area contributed by atoms with E-state index in [-0.39, 0.29) is 5.91 Å². The zero-order valence-electron chi connectivity index (χ0n) is 9.93. The third-order valence-corrected chi connectivity index (χ3v) is 3.31. The van der Waals surface area contributed by atoms with Crippen molar-refractivity contribution in [3.05, 3.63) is 29.3 Å². The van der Waals surface area contributed by atoms with Crippen LogP contribution in [0.15, 0.2) is 23.1 Å². The van der Waals surface area contributed by atoms with Crippen LogP contribution in [-0.4, -0.2) is 30.7 Å². The first-order valence-electron chi connectivity index (χ1n) is 5.14. The number of hydrogen-bond donors (Lipinski definition) is 1. The van der Waals surface area contributed by atoms with Crippen LogP contribution in [0.1, 0.15) is 11.1 Å². The number of thioether (sulfide) groups is 1. The first-order chi connectivity index (χ1) is 8.08. The van der Waals surface area contributed by atoms with E-state index in [0.29, 0.717) is 17.9 Å².